The van der Waals surface area contributed by atoms with E-state index in [0.29, 0.717) is 5.56 Å². The Morgan fingerprint density at radius 3 is 2.43 bits per heavy atom. The van der Waals surface area contributed by atoms with E-state index in [2.05, 4.69) is 5.32 Å². The molecule has 0 atom stereocenters. The fourth-order valence-corrected chi connectivity index (χ4v) is 4.10. The number of hydrogen-bond donors (Lipinski definition) is 1. The first kappa shape index (κ1) is 16.6. The Kier molecular flexibility index (Phi) is 5.17. The van der Waals surface area contributed by atoms with Crippen LogP contribution >= 0.6 is 22.3 Å². The van der Waals surface area contributed by atoms with Gasteiger partial charge in [0.2, 0.25) is 0 Å². The van der Waals surface area contributed by atoms with Crippen LogP contribution in [0.3, 0.4) is 0 Å². The fourth-order valence-electron chi connectivity index (χ4n) is 2.56. The van der Waals surface area contributed by atoms with Gasteiger partial charge in [-0.1, -0.05) is 30.9 Å². The van der Waals surface area contributed by atoms with E-state index in [1.165, 1.54) is 12.5 Å². The lowest BCUT2D eigenvalue weighted by molar-refractivity contribution is 0.0927. The standard InChI is InChI=1S/C14H17Cl2NO3S/c1-9-7-10(8-12(13(9)15)21(16,19)20)14(18)17-11-5-3-2-4-6-11/h7-8,11H,2-6H2,1H3,(H,17,18). The van der Waals surface area contributed by atoms with E-state index < -0.39 is 9.05 Å². The monoisotopic (exact) mass is 349 g/mol. The molecule has 116 valence electrons. The minimum atomic E-state index is -3.98. The second-order valence-electron chi connectivity index (χ2n) is 5.35. The van der Waals surface area contributed by atoms with Crippen LogP contribution in [-0.4, -0.2) is 20.4 Å². The number of benzene rings is 1. The Hall–Kier alpha value is -0.780. The molecule has 0 radical (unpaired) electrons. The van der Waals surface area contributed by atoms with Crippen molar-refractivity contribution in [2.75, 3.05) is 0 Å². The number of aryl methyl sites for hydroxylation is 1. The van der Waals surface area contributed by atoms with Crippen LogP contribution < -0.4 is 5.32 Å². The van der Waals surface area contributed by atoms with Gasteiger partial charge < -0.3 is 5.32 Å². The van der Waals surface area contributed by atoms with Crippen LogP contribution in [0.2, 0.25) is 5.02 Å². The summed E-state index contributed by atoms with van der Waals surface area (Å²) in [6.45, 7) is 1.64. The lowest BCUT2D eigenvalue weighted by atomic mass is 9.95. The highest BCUT2D eigenvalue weighted by Crippen LogP contribution is 2.29. The average Bonchev–Trinajstić information content (AvgIpc) is 2.41. The van der Waals surface area contributed by atoms with E-state index in [9.17, 15) is 13.2 Å². The minimum absolute atomic E-state index is 0.0548. The molecule has 0 unspecified atom stereocenters. The summed E-state index contributed by atoms with van der Waals surface area (Å²) >= 11 is 5.95. The Morgan fingerprint density at radius 2 is 1.86 bits per heavy atom. The summed E-state index contributed by atoms with van der Waals surface area (Å²) in [4.78, 5) is 12.0. The van der Waals surface area contributed by atoms with Gasteiger partial charge in [-0.25, -0.2) is 8.42 Å². The van der Waals surface area contributed by atoms with Crippen molar-refractivity contribution in [3.8, 4) is 0 Å². The zero-order valence-corrected chi connectivity index (χ0v) is 14.0. The second kappa shape index (κ2) is 6.55. The highest BCUT2D eigenvalue weighted by Gasteiger charge is 2.22. The molecular formula is C14H17Cl2NO3S. The zero-order chi connectivity index (χ0) is 15.6. The molecule has 1 aliphatic rings. The summed E-state index contributed by atoms with van der Waals surface area (Å²) in [5, 5.41) is 3.00. The van der Waals surface area contributed by atoms with Crippen molar-refractivity contribution < 1.29 is 13.2 Å². The predicted molar refractivity (Wildman–Crippen MR) is 83.6 cm³/mol. The lowest BCUT2D eigenvalue weighted by Gasteiger charge is -2.23. The van der Waals surface area contributed by atoms with Crippen LogP contribution in [0.1, 0.15) is 48.0 Å². The number of carbonyl (C=O) groups excluding carboxylic acids is 1. The predicted octanol–water partition coefficient (Wildman–Crippen LogP) is 3.64. The van der Waals surface area contributed by atoms with Gasteiger partial charge in [-0.05, 0) is 37.5 Å². The van der Waals surface area contributed by atoms with Crippen molar-refractivity contribution in [3.05, 3.63) is 28.3 Å². The molecule has 4 nitrogen and oxygen atoms in total. The maximum Gasteiger partial charge on any atom is 0.262 e. The van der Waals surface area contributed by atoms with Crippen LogP contribution in [0.25, 0.3) is 0 Å². The Bertz CT molecular complexity index is 652. The molecular weight excluding hydrogens is 333 g/mol. The molecule has 0 aromatic heterocycles. The molecule has 21 heavy (non-hydrogen) atoms. The Morgan fingerprint density at radius 1 is 1.24 bits per heavy atom. The summed E-state index contributed by atoms with van der Waals surface area (Å²) < 4.78 is 23.0. The molecule has 0 spiro atoms. The molecule has 0 aliphatic heterocycles. The molecule has 2 rings (SSSR count). The first-order valence-electron chi connectivity index (χ1n) is 6.84. The van der Waals surface area contributed by atoms with E-state index >= 15 is 0 Å². The molecule has 0 bridgehead atoms. The van der Waals surface area contributed by atoms with Crippen LogP contribution in [-0.2, 0) is 9.05 Å². The first-order valence-corrected chi connectivity index (χ1v) is 9.53. The van der Waals surface area contributed by atoms with Gasteiger partial charge in [0.25, 0.3) is 15.0 Å². The lowest BCUT2D eigenvalue weighted by Crippen LogP contribution is -2.36. The summed E-state index contributed by atoms with van der Waals surface area (Å²) in [6.07, 6.45) is 5.32. The van der Waals surface area contributed by atoms with Gasteiger partial charge >= 0.3 is 0 Å². The highest BCUT2D eigenvalue weighted by atomic mass is 35.7. The maximum absolute atomic E-state index is 12.3. The third-order valence-corrected chi connectivity index (χ3v) is 5.65. The third-order valence-electron chi connectivity index (χ3n) is 3.69. The van der Waals surface area contributed by atoms with E-state index in [1.54, 1.807) is 13.0 Å². The topological polar surface area (TPSA) is 63.2 Å². The van der Waals surface area contributed by atoms with E-state index in [4.69, 9.17) is 22.3 Å². The average molecular weight is 350 g/mol. The van der Waals surface area contributed by atoms with E-state index in [-0.39, 0.29) is 27.4 Å². The normalized spacial score (nSPS) is 16.7. The van der Waals surface area contributed by atoms with Crippen LogP contribution in [0.4, 0.5) is 0 Å². The summed E-state index contributed by atoms with van der Waals surface area (Å²) in [5.41, 5.74) is 0.772. The van der Waals surface area contributed by atoms with Gasteiger partial charge in [-0.2, -0.15) is 0 Å². The highest BCUT2D eigenvalue weighted by molar-refractivity contribution is 8.13. The zero-order valence-electron chi connectivity index (χ0n) is 11.7. The van der Waals surface area contributed by atoms with Gasteiger partial charge in [0.05, 0.1) is 5.02 Å². The van der Waals surface area contributed by atoms with Crippen molar-refractivity contribution in [1.29, 1.82) is 0 Å². The van der Waals surface area contributed by atoms with Crippen molar-refractivity contribution in [3.63, 3.8) is 0 Å². The van der Waals surface area contributed by atoms with Crippen molar-refractivity contribution in [2.24, 2.45) is 0 Å². The first-order chi connectivity index (χ1) is 9.79. The number of carbonyl (C=O) groups is 1. The molecule has 0 heterocycles. The number of amides is 1. The SMILES string of the molecule is Cc1cc(C(=O)NC2CCCCC2)cc(S(=O)(=O)Cl)c1Cl. The van der Waals surface area contributed by atoms with E-state index in [0.717, 1.165) is 25.7 Å². The molecule has 1 N–H and O–H groups in total. The van der Waals surface area contributed by atoms with E-state index in [1.807, 2.05) is 0 Å². The van der Waals surface area contributed by atoms with Crippen molar-refractivity contribution >= 4 is 37.2 Å². The van der Waals surface area contributed by atoms with Crippen LogP contribution in [0, 0.1) is 6.92 Å². The van der Waals surface area contributed by atoms with Crippen LogP contribution in [0.15, 0.2) is 17.0 Å². The van der Waals surface area contributed by atoms with Gasteiger partial charge in [-0.3, -0.25) is 4.79 Å². The number of halogens is 2. The summed E-state index contributed by atoms with van der Waals surface area (Å²) in [7, 11) is 1.38. The number of hydrogen-bond acceptors (Lipinski definition) is 3. The van der Waals surface area contributed by atoms with Crippen molar-refractivity contribution in [1.82, 2.24) is 5.32 Å². The summed E-state index contributed by atoms with van der Waals surface area (Å²) in [6, 6.07) is 2.96. The molecule has 1 saturated carbocycles. The molecule has 1 aromatic carbocycles. The van der Waals surface area contributed by atoms with Crippen molar-refractivity contribution in [2.45, 2.75) is 50.0 Å². The Balaban J connectivity index is 2.27. The summed E-state index contributed by atoms with van der Waals surface area (Å²) in [5.74, 6) is -0.289. The molecule has 1 fully saturated rings. The Labute approximate surface area is 134 Å². The molecule has 1 aliphatic carbocycles. The van der Waals surface area contributed by atoms with Gasteiger partial charge in [0, 0.05) is 22.3 Å². The largest absolute Gasteiger partial charge is 0.349 e. The van der Waals surface area contributed by atoms with Gasteiger partial charge in [-0.15, -0.1) is 0 Å². The minimum Gasteiger partial charge on any atom is -0.349 e. The second-order valence-corrected chi connectivity index (χ2v) is 8.26. The number of nitrogens with one attached hydrogen (secondary N) is 1. The third kappa shape index (κ3) is 4.11. The molecule has 1 aromatic rings. The fraction of sp³-hybridized carbons (Fsp3) is 0.500. The number of rotatable bonds is 3. The smallest absolute Gasteiger partial charge is 0.262 e. The molecule has 0 saturated heterocycles. The molecule has 1 amide bonds. The van der Waals surface area contributed by atoms with Gasteiger partial charge in [0.1, 0.15) is 4.90 Å². The van der Waals surface area contributed by atoms with Gasteiger partial charge in [0.15, 0.2) is 0 Å². The maximum atomic E-state index is 12.3. The molecule has 7 heteroatoms. The van der Waals surface area contributed by atoms with Crippen LogP contribution in [0.5, 0.6) is 0 Å². The quantitative estimate of drug-likeness (QED) is 0.847.